The fourth-order valence-electron chi connectivity index (χ4n) is 1.51. The summed E-state index contributed by atoms with van der Waals surface area (Å²) in [5.74, 6) is 0. The van der Waals surface area contributed by atoms with Gasteiger partial charge in [0.25, 0.3) is 0 Å². The van der Waals surface area contributed by atoms with E-state index in [2.05, 4.69) is 37.2 Å². The SMILES string of the molecule is Cc1cc(Nc2cccc(Br)c2)c(Br)cc1N. The second kappa shape index (κ2) is 5.10. The highest BCUT2D eigenvalue weighted by Gasteiger charge is 2.04. The summed E-state index contributed by atoms with van der Waals surface area (Å²) in [7, 11) is 0. The van der Waals surface area contributed by atoms with Crippen molar-refractivity contribution in [3.05, 3.63) is 50.9 Å². The van der Waals surface area contributed by atoms with Crippen LogP contribution in [-0.2, 0) is 0 Å². The van der Waals surface area contributed by atoms with Crippen LogP contribution >= 0.6 is 31.9 Å². The minimum Gasteiger partial charge on any atom is -0.398 e. The average Bonchev–Trinajstić information content (AvgIpc) is 2.26. The van der Waals surface area contributed by atoms with Crippen LogP contribution in [0.1, 0.15) is 5.56 Å². The molecular formula is C13H12Br2N2. The highest BCUT2D eigenvalue weighted by Crippen LogP contribution is 2.30. The maximum Gasteiger partial charge on any atom is 0.0532 e. The maximum atomic E-state index is 5.84. The van der Waals surface area contributed by atoms with Crippen molar-refractivity contribution in [3.63, 3.8) is 0 Å². The first kappa shape index (κ1) is 12.5. The zero-order valence-electron chi connectivity index (χ0n) is 9.30. The first-order valence-electron chi connectivity index (χ1n) is 5.14. The number of anilines is 3. The van der Waals surface area contributed by atoms with Crippen LogP contribution in [0.25, 0.3) is 0 Å². The van der Waals surface area contributed by atoms with Gasteiger partial charge in [-0.2, -0.15) is 0 Å². The Kier molecular flexibility index (Phi) is 3.74. The number of rotatable bonds is 2. The summed E-state index contributed by atoms with van der Waals surface area (Å²) in [6.07, 6.45) is 0. The van der Waals surface area contributed by atoms with E-state index in [1.807, 2.05) is 43.3 Å². The van der Waals surface area contributed by atoms with Gasteiger partial charge < -0.3 is 11.1 Å². The number of nitrogens with two attached hydrogens (primary N) is 1. The lowest BCUT2D eigenvalue weighted by Gasteiger charge is -2.11. The normalized spacial score (nSPS) is 10.3. The molecule has 0 aliphatic rings. The first-order chi connectivity index (χ1) is 8.06. The molecule has 0 spiro atoms. The van der Waals surface area contributed by atoms with Gasteiger partial charge >= 0.3 is 0 Å². The van der Waals surface area contributed by atoms with Gasteiger partial charge in [0.2, 0.25) is 0 Å². The van der Waals surface area contributed by atoms with Gasteiger partial charge in [-0.1, -0.05) is 22.0 Å². The number of nitrogens with one attached hydrogen (secondary N) is 1. The largest absolute Gasteiger partial charge is 0.398 e. The molecule has 0 saturated carbocycles. The Balaban J connectivity index is 2.33. The van der Waals surface area contributed by atoms with E-state index in [9.17, 15) is 0 Å². The van der Waals surface area contributed by atoms with Crippen LogP contribution in [0.5, 0.6) is 0 Å². The van der Waals surface area contributed by atoms with Gasteiger partial charge in [-0.3, -0.25) is 0 Å². The van der Waals surface area contributed by atoms with E-state index in [4.69, 9.17) is 5.73 Å². The van der Waals surface area contributed by atoms with E-state index in [-0.39, 0.29) is 0 Å². The van der Waals surface area contributed by atoms with Crippen molar-refractivity contribution in [2.24, 2.45) is 0 Å². The third-order valence-electron chi connectivity index (χ3n) is 2.46. The van der Waals surface area contributed by atoms with Gasteiger partial charge in [0.15, 0.2) is 0 Å². The third kappa shape index (κ3) is 3.01. The van der Waals surface area contributed by atoms with Crippen molar-refractivity contribution in [1.82, 2.24) is 0 Å². The Morgan fingerprint density at radius 1 is 1.12 bits per heavy atom. The predicted molar refractivity (Wildman–Crippen MR) is 80.7 cm³/mol. The molecule has 3 N–H and O–H groups in total. The summed E-state index contributed by atoms with van der Waals surface area (Å²) in [4.78, 5) is 0. The summed E-state index contributed by atoms with van der Waals surface area (Å²) in [6.45, 7) is 1.99. The Hall–Kier alpha value is -1.00. The van der Waals surface area contributed by atoms with Crippen LogP contribution in [0.4, 0.5) is 17.1 Å². The molecule has 0 atom stereocenters. The van der Waals surface area contributed by atoms with Crippen molar-refractivity contribution in [2.75, 3.05) is 11.1 Å². The average molecular weight is 356 g/mol. The summed E-state index contributed by atoms with van der Waals surface area (Å²) < 4.78 is 2.01. The topological polar surface area (TPSA) is 38.0 Å². The first-order valence-corrected chi connectivity index (χ1v) is 6.73. The van der Waals surface area contributed by atoms with Crippen molar-refractivity contribution in [2.45, 2.75) is 6.92 Å². The fraction of sp³-hybridized carbons (Fsp3) is 0.0769. The number of hydrogen-bond donors (Lipinski definition) is 2. The molecule has 0 aromatic heterocycles. The lowest BCUT2D eigenvalue weighted by atomic mass is 10.2. The van der Waals surface area contributed by atoms with E-state index in [1.165, 1.54) is 0 Å². The Morgan fingerprint density at radius 2 is 1.88 bits per heavy atom. The fourth-order valence-corrected chi connectivity index (χ4v) is 2.37. The molecule has 0 heterocycles. The number of benzene rings is 2. The highest BCUT2D eigenvalue weighted by atomic mass is 79.9. The quantitative estimate of drug-likeness (QED) is 0.756. The minimum atomic E-state index is 0.789. The molecule has 88 valence electrons. The van der Waals surface area contributed by atoms with Crippen LogP contribution in [0.3, 0.4) is 0 Å². The summed E-state index contributed by atoms with van der Waals surface area (Å²) in [5.41, 5.74) is 9.73. The smallest absolute Gasteiger partial charge is 0.0532 e. The standard InChI is InChI=1S/C13H12Br2N2/c1-8-5-13(11(15)7-12(8)16)17-10-4-2-3-9(14)6-10/h2-7,17H,16H2,1H3. The molecule has 0 amide bonds. The number of hydrogen-bond acceptors (Lipinski definition) is 2. The highest BCUT2D eigenvalue weighted by molar-refractivity contribution is 9.10. The molecule has 17 heavy (non-hydrogen) atoms. The Bertz CT molecular complexity index is 553. The Morgan fingerprint density at radius 3 is 2.59 bits per heavy atom. The zero-order chi connectivity index (χ0) is 12.4. The van der Waals surface area contributed by atoms with Crippen LogP contribution in [-0.4, -0.2) is 0 Å². The molecule has 0 radical (unpaired) electrons. The van der Waals surface area contributed by atoms with E-state index < -0.39 is 0 Å². The van der Waals surface area contributed by atoms with Crippen molar-refractivity contribution in [3.8, 4) is 0 Å². The van der Waals surface area contributed by atoms with Gasteiger partial charge in [-0.15, -0.1) is 0 Å². The monoisotopic (exact) mass is 354 g/mol. The van der Waals surface area contributed by atoms with E-state index in [0.717, 1.165) is 31.6 Å². The molecule has 0 fully saturated rings. The molecule has 2 aromatic rings. The summed E-state index contributed by atoms with van der Waals surface area (Å²) in [6, 6.07) is 12.0. The van der Waals surface area contributed by atoms with Crippen LogP contribution in [0.2, 0.25) is 0 Å². The molecule has 0 unspecified atom stereocenters. The minimum absolute atomic E-state index is 0.789. The molecule has 0 bridgehead atoms. The molecular weight excluding hydrogens is 344 g/mol. The second-order valence-electron chi connectivity index (χ2n) is 3.82. The van der Waals surface area contributed by atoms with E-state index in [1.54, 1.807) is 0 Å². The molecule has 0 aliphatic carbocycles. The third-order valence-corrected chi connectivity index (χ3v) is 3.61. The zero-order valence-corrected chi connectivity index (χ0v) is 12.5. The van der Waals surface area contributed by atoms with Crippen molar-refractivity contribution < 1.29 is 0 Å². The molecule has 4 heteroatoms. The van der Waals surface area contributed by atoms with E-state index in [0.29, 0.717) is 0 Å². The Labute approximate surface area is 117 Å². The van der Waals surface area contributed by atoms with Crippen LogP contribution < -0.4 is 11.1 Å². The van der Waals surface area contributed by atoms with Gasteiger partial charge in [-0.25, -0.2) is 0 Å². The van der Waals surface area contributed by atoms with Crippen molar-refractivity contribution in [1.29, 1.82) is 0 Å². The number of nitrogen functional groups attached to an aromatic ring is 1. The van der Waals surface area contributed by atoms with Gasteiger partial charge in [0.1, 0.15) is 0 Å². The number of aryl methyl sites for hydroxylation is 1. The van der Waals surface area contributed by atoms with Crippen LogP contribution in [0.15, 0.2) is 45.3 Å². The van der Waals surface area contributed by atoms with Gasteiger partial charge in [0.05, 0.1) is 5.69 Å². The summed E-state index contributed by atoms with van der Waals surface area (Å²) in [5, 5.41) is 3.35. The molecule has 2 aromatic carbocycles. The molecule has 0 aliphatic heterocycles. The number of halogens is 2. The van der Waals surface area contributed by atoms with E-state index >= 15 is 0 Å². The predicted octanol–water partition coefficient (Wildman–Crippen LogP) is 4.85. The second-order valence-corrected chi connectivity index (χ2v) is 5.59. The van der Waals surface area contributed by atoms with Gasteiger partial charge in [0, 0.05) is 20.3 Å². The van der Waals surface area contributed by atoms with Crippen molar-refractivity contribution >= 4 is 48.9 Å². The maximum absolute atomic E-state index is 5.84. The lowest BCUT2D eigenvalue weighted by Crippen LogP contribution is -1.95. The van der Waals surface area contributed by atoms with Crippen LogP contribution in [0, 0.1) is 6.92 Å². The van der Waals surface area contributed by atoms with Gasteiger partial charge in [-0.05, 0) is 58.7 Å². The lowest BCUT2D eigenvalue weighted by molar-refractivity contribution is 1.43. The molecule has 0 saturated heterocycles. The molecule has 2 rings (SSSR count). The summed E-state index contributed by atoms with van der Waals surface area (Å²) >= 11 is 6.95. The molecule has 2 nitrogen and oxygen atoms in total.